The smallest absolute Gasteiger partial charge is 0.140 e. The summed E-state index contributed by atoms with van der Waals surface area (Å²) >= 11 is 1.73. The van der Waals surface area contributed by atoms with Crippen LogP contribution in [-0.4, -0.2) is 12.0 Å². The van der Waals surface area contributed by atoms with Crippen molar-refractivity contribution in [1.82, 2.24) is 10.3 Å². The molecule has 2 heterocycles. The fourth-order valence-electron chi connectivity index (χ4n) is 2.25. The average Bonchev–Trinajstić information content (AvgIpc) is 2.74. The van der Waals surface area contributed by atoms with Gasteiger partial charge in [0.2, 0.25) is 0 Å². The van der Waals surface area contributed by atoms with Gasteiger partial charge in [-0.3, -0.25) is 0 Å². The molecule has 1 aliphatic heterocycles. The van der Waals surface area contributed by atoms with Crippen molar-refractivity contribution in [2.45, 2.75) is 26.0 Å². The molecule has 0 saturated heterocycles. The summed E-state index contributed by atoms with van der Waals surface area (Å²) in [5.41, 5.74) is 1.88. The highest BCUT2D eigenvalue weighted by Crippen LogP contribution is 2.46. The molecule has 0 radical (unpaired) electrons. The number of ether oxygens (including phenoxy) is 1. The second-order valence-electron chi connectivity index (χ2n) is 4.92. The Kier molecular flexibility index (Phi) is 2.64. The lowest BCUT2D eigenvalue weighted by atomic mass is 9.97. The quantitative estimate of drug-likeness (QED) is 0.900. The Hall–Kier alpha value is -1.39. The van der Waals surface area contributed by atoms with Gasteiger partial charge in [-0.25, -0.2) is 4.98 Å². The Bertz CT molecular complexity index is 589. The van der Waals surface area contributed by atoms with Crippen molar-refractivity contribution in [3.8, 4) is 17.0 Å². The number of nitrogens with zero attached hydrogens (tertiary/aromatic N) is 1. The number of nitrogens with one attached hydrogen (secondary N) is 1. The fraction of sp³-hybridized carbons (Fsp3) is 0.357. The molecular formula is C14H16N2OS. The summed E-state index contributed by atoms with van der Waals surface area (Å²) in [4.78, 5) is 5.97. The minimum Gasteiger partial charge on any atom is -0.482 e. The fourth-order valence-corrected chi connectivity index (χ4v) is 3.38. The van der Waals surface area contributed by atoms with Crippen molar-refractivity contribution in [3.05, 3.63) is 34.2 Å². The highest BCUT2D eigenvalue weighted by Gasteiger charge is 2.35. The summed E-state index contributed by atoms with van der Waals surface area (Å²) in [6.45, 7) is 5.00. The zero-order valence-electron chi connectivity index (χ0n) is 10.8. The first-order valence-corrected chi connectivity index (χ1v) is 6.86. The van der Waals surface area contributed by atoms with Crippen molar-refractivity contribution >= 4 is 11.3 Å². The number of hydrogen-bond donors (Lipinski definition) is 1. The van der Waals surface area contributed by atoms with Crippen LogP contribution in [0.3, 0.4) is 0 Å². The highest BCUT2D eigenvalue weighted by molar-refractivity contribution is 7.12. The van der Waals surface area contributed by atoms with Crippen LogP contribution in [0.15, 0.2) is 24.3 Å². The van der Waals surface area contributed by atoms with Gasteiger partial charge in [-0.2, -0.15) is 0 Å². The van der Waals surface area contributed by atoms with Gasteiger partial charge in [-0.15, -0.1) is 11.3 Å². The molecule has 0 spiro atoms. The van der Waals surface area contributed by atoms with Gasteiger partial charge in [0, 0.05) is 12.1 Å². The number of benzene rings is 1. The van der Waals surface area contributed by atoms with Crippen LogP contribution in [0.2, 0.25) is 0 Å². The molecule has 18 heavy (non-hydrogen) atoms. The van der Waals surface area contributed by atoms with E-state index in [0.717, 1.165) is 28.6 Å². The van der Waals surface area contributed by atoms with E-state index in [1.54, 1.807) is 11.3 Å². The van der Waals surface area contributed by atoms with Crippen LogP contribution in [-0.2, 0) is 12.1 Å². The van der Waals surface area contributed by atoms with Crippen molar-refractivity contribution in [2.75, 3.05) is 7.05 Å². The molecule has 0 atom stereocenters. The molecule has 0 fully saturated rings. The number of rotatable bonds is 2. The maximum Gasteiger partial charge on any atom is 0.140 e. The Labute approximate surface area is 111 Å². The molecule has 3 rings (SSSR count). The summed E-state index contributed by atoms with van der Waals surface area (Å²) < 4.78 is 6.09. The van der Waals surface area contributed by atoms with Gasteiger partial charge >= 0.3 is 0 Å². The van der Waals surface area contributed by atoms with Gasteiger partial charge in [0.25, 0.3) is 0 Å². The van der Waals surface area contributed by atoms with Crippen LogP contribution in [0, 0.1) is 0 Å². The van der Waals surface area contributed by atoms with Gasteiger partial charge < -0.3 is 10.1 Å². The summed E-state index contributed by atoms with van der Waals surface area (Å²) in [6, 6.07) is 8.12. The third-order valence-electron chi connectivity index (χ3n) is 3.05. The third kappa shape index (κ3) is 1.72. The van der Waals surface area contributed by atoms with Crippen molar-refractivity contribution in [2.24, 2.45) is 0 Å². The number of fused-ring (bicyclic) bond motifs is 3. The maximum atomic E-state index is 6.09. The molecule has 0 aliphatic carbocycles. The van der Waals surface area contributed by atoms with E-state index in [1.807, 2.05) is 25.2 Å². The zero-order valence-corrected chi connectivity index (χ0v) is 11.6. The number of aromatic nitrogens is 1. The Morgan fingerprint density at radius 2 is 2.11 bits per heavy atom. The third-order valence-corrected chi connectivity index (χ3v) is 4.41. The first-order valence-electron chi connectivity index (χ1n) is 6.05. The van der Waals surface area contributed by atoms with E-state index >= 15 is 0 Å². The molecule has 1 aliphatic rings. The van der Waals surface area contributed by atoms with E-state index in [-0.39, 0.29) is 5.60 Å². The van der Waals surface area contributed by atoms with Crippen LogP contribution < -0.4 is 10.1 Å². The maximum absolute atomic E-state index is 6.09. The van der Waals surface area contributed by atoms with Gasteiger partial charge in [0.1, 0.15) is 16.4 Å². The predicted octanol–water partition coefficient (Wildman–Crippen LogP) is 3.16. The lowest BCUT2D eigenvalue weighted by Gasteiger charge is -2.31. The summed E-state index contributed by atoms with van der Waals surface area (Å²) in [6.07, 6.45) is 0. The molecule has 2 aromatic rings. The molecule has 0 unspecified atom stereocenters. The topological polar surface area (TPSA) is 34.2 Å². The van der Waals surface area contributed by atoms with Crippen molar-refractivity contribution < 1.29 is 4.74 Å². The van der Waals surface area contributed by atoms with Gasteiger partial charge in [0.15, 0.2) is 0 Å². The number of hydrogen-bond acceptors (Lipinski definition) is 4. The Balaban J connectivity index is 2.19. The van der Waals surface area contributed by atoms with Crippen LogP contribution in [0.1, 0.15) is 23.7 Å². The van der Waals surface area contributed by atoms with E-state index in [1.165, 1.54) is 4.88 Å². The monoisotopic (exact) mass is 260 g/mol. The lowest BCUT2D eigenvalue weighted by molar-refractivity contribution is 0.109. The molecule has 0 amide bonds. The molecular weight excluding hydrogens is 244 g/mol. The van der Waals surface area contributed by atoms with E-state index in [9.17, 15) is 0 Å². The molecule has 4 heteroatoms. The Morgan fingerprint density at radius 3 is 2.89 bits per heavy atom. The van der Waals surface area contributed by atoms with Crippen LogP contribution in [0.25, 0.3) is 11.3 Å². The number of thiazole rings is 1. The van der Waals surface area contributed by atoms with Crippen LogP contribution in [0.4, 0.5) is 0 Å². The average molecular weight is 260 g/mol. The Morgan fingerprint density at radius 1 is 1.33 bits per heavy atom. The first kappa shape index (κ1) is 11.7. The minimum atomic E-state index is -0.298. The molecule has 94 valence electrons. The molecule has 1 aromatic heterocycles. The van der Waals surface area contributed by atoms with Gasteiger partial charge in [-0.1, -0.05) is 12.1 Å². The second kappa shape index (κ2) is 4.07. The highest BCUT2D eigenvalue weighted by atomic mass is 32.1. The number of para-hydroxylation sites is 1. The lowest BCUT2D eigenvalue weighted by Crippen LogP contribution is -2.27. The minimum absolute atomic E-state index is 0.298. The summed E-state index contributed by atoms with van der Waals surface area (Å²) in [5.74, 6) is 0.927. The van der Waals surface area contributed by atoms with Crippen LogP contribution in [0.5, 0.6) is 5.75 Å². The largest absolute Gasteiger partial charge is 0.482 e. The summed E-state index contributed by atoms with van der Waals surface area (Å²) in [7, 11) is 1.94. The van der Waals surface area contributed by atoms with Gasteiger partial charge in [-0.05, 0) is 33.0 Å². The normalized spacial score (nSPS) is 15.7. The molecule has 0 bridgehead atoms. The van der Waals surface area contributed by atoms with E-state index < -0.39 is 0 Å². The molecule has 3 nitrogen and oxygen atoms in total. The standard InChI is InChI=1S/C14H16N2OS/c1-14(2)13-12(16-11(18-13)8-15-3)9-6-4-5-7-10(9)17-14/h4-7,15H,8H2,1-3H3. The summed E-state index contributed by atoms with van der Waals surface area (Å²) in [5, 5.41) is 4.26. The zero-order chi connectivity index (χ0) is 12.8. The second-order valence-corrected chi connectivity index (χ2v) is 6.01. The predicted molar refractivity (Wildman–Crippen MR) is 74.0 cm³/mol. The van der Waals surface area contributed by atoms with Crippen molar-refractivity contribution in [3.63, 3.8) is 0 Å². The first-order chi connectivity index (χ1) is 8.62. The van der Waals surface area contributed by atoms with Gasteiger partial charge in [0.05, 0.1) is 10.6 Å². The molecule has 0 saturated carbocycles. The van der Waals surface area contributed by atoms with E-state index in [0.29, 0.717) is 0 Å². The van der Waals surface area contributed by atoms with Crippen LogP contribution >= 0.6 is 11.3 Å². The van der Waals surface area contributed by atoms with E-state index in [4.69, 9.17) is 9.72 Å². The SMILES string of the molecule is CNCc1nc2c(s1)C(C)(C)Oc1ccccc1-2. The molecule has 1 N–H and O–H groups in total. The van der Waals surface area contributed by atoms with Crippen molar-refractivity contribution in [1.29, 1.82) is 0 Å². The molecule has 1 aromatic carbocycles. The van der Waals surface area contributed by atoms with E-state index in [2.05, 4.69) is 25.2 Å².